The molecule has 0 fully saturated rings. The highest BCUT2D eigenvalue weighted by molar-refractivity contribution is 9.10. The SMILES string of the molecule is CC(C)N(CCC(=O)O)S(=O)(=O)c1ccccc1Br. The lowest BCUT2D eigenvalue weighted by Gasteiger charge is -2.25. The summed E-state index contributed by atoms with van der Waals surface area (Å²) in [5, 5.41) is 8.70. The molecule has 7 heteroatoms. The lowest BCUT2D eigenvalue weighted by Crippen LogP contribution is -2.38. The Morgan fingerprint density at radius 2 is 1.95 bits per heavy atom. The van der Waals surface area contributed by atoms with E-state index in [0.717, 1.165) is 0 Å². The third-order valence-electron chi connectivity index (χ3n) is 2.55. The van der Waals surface area contributed by atoms with Crippen molar-refractivity contribution in [3.8, 4) is 0 Å². The van der Waals surface area contributed by atoms with E-state index in [0.29, 0.717) is 4.47 Å². The Labute approximate surface area is 121 Å². The lowest BCUT2D eigenvalue weighted by molar-refractivity contribution is -0.137. The summed E-state index contributed by atoms with van der Waals surface area (Å²) in [6, 6.07) is 6.18. The average molecular weight is 350 g/mol. The number of aliphatic carboxylic acids is 1. The van der Waals surface area contributed by atoms with E-state index in [1.165, 1.54) is 10.4 Å². The zero-order valence-electron chi connectivity index (χ0n) is 10.7. The molecule has 0 heterocycles. The predicted molar refractivity (Wildman–Crippen MR) is 75.4 cm³/mol. The summed E-state index contributed by atoms with van der Waals surface area (Å²) in [5.41, 5.74) is 0. The minimum absolute atomic E-state index is 0.0450. The molecule has 0 spiro atoms. The monoisotopic (exact) mass is 349 g/mol. The summed E-state index contributed by atoms with van der Waals surface area (Å²) >= 11 is 3.21. The van der Waals surface area contributed by atoms with Gasteiger partial charge in [-0.25, -0.2) is 8.42 Å². The Kier molecular flexibility index (Phi) is 5.51. The summed E-state index contributed by atoms with van der Waals surface area (Å²) in [7, 11) is -3.70. The number of carboxylic acids is 1. The van der Waals surface area contributed by atoms with Crippen molar-refractivity contribution in [1.82, 2.24) is 4.31 Å². The van der Waals surface area contributed by atoms with Crippen LogP contribution in [0.25, 0.3) is 0 Å². The lowest BCUT2D eigenvalue weighted by atomic mass is 10.3. The van der Waals surface area contributed by atoms with Crippen LogP contribution >= 0.6 is 15.9 Å². The van der Waals surface area contributed by atoms with Crippen LogP contribution in [0.5, 0.6) is 0 Å². The minimum Gasteiger partial charge on any atom is -0.481 e. The second-order valence-electron chi connectivity index (χ2n) is 4.28. The third-order valence-corrected chi connectivity index (χ3v) is 5.63. The zero-order valence-corrected chi connectivity index (χ0v) is 13.1. The Balaban J connectivity index is 3.14. The van der Waals surface area contributed by atoms with Gasteiger partial charge in [-0.3, -0.25) is 4.79 Å². The van der Waals surface area contributed by atoms with Crippen LogP contribution in [0.2, 0.25) is 0 Å². The molecule has 106 valence electrons. The van der Waals surface area contributed by atoms with Crippen LogP contribution in [0.1, 0.15) is 20.3 Å². The molecule has 0 aliphatic rings. The molecule has 0 aromatic heterocycles. The van der Waals surface area contributed by atoms with Crippen LogP contribution in [-0.2, 0) is 14.8 Å². The van der Waals surface area contributed by atoms with Crippen molar-refractivity contribution in [2.24, 2.45) is 0 Å². The van der Waals surface area contributed by atoms with Gasteiger partial charge in [0, 0.05) is 17.1 Å². The number of rotatable bonds is 6. The highest BCUT2D eigenvalue weighted by Crippen LogP contribution is 2.26. The number of halogens is 1. The molecule has 0 amide bonds. The van der Waals surface area contributed by atoms with E-state index < -0.39 is 16.0 Å². The molecule has 1 N–H and O–H groups in total. The topological polar surface area (TPSA) is 74.7 Å². The summed E-state index contributed by atoms with van der Waals surface area (Å²) in [4.78, 5) is 10.8. The number of nitrogens with zero attached hydrogens (tertiary/aromatic N) is 1. The quantitative estimate of drug-likeness (QED) is 0.855. The van der Waals surface area contributed by atoms with Crippen LogP contribution in [-0.4, -0.2) is 36.4 Å². The van der Waals surface area contributed by atoms with Gasteiger partial charge < -0.3 is 5.11 Å². The van der Waals surface area contributed by atoms with Gasteiger partial charge >= 0.3 is 5.97 Å². The average Bonchev–Trinajstić information content (AvgIpc) is 2.28. The molecule has 0 saturated heterocycles. The molecule has 5 nitrogen and oxygen atoms in total. The number of hydrogen-bond donors (Lipinski definition) is 1. The Hall–Kier alpha value is -0.920. The molecule has 19 heavy (non-hydrogen) atoms. The van der Waals surface area contributed by atoms with Crippen LogP contribution in [0.3, 0.4) is 0 Å². The molecule has 1 rings (SSSR count). The van der Waals surface area contributed by atoms with Crippen molar-refractivity contribution in [2.75, 3.05) is 6.54 Å². The highest BCUT2D eigenvalue weighted by Gasteiger charge is 2.28. The first kappa shape index (κ1) is 16.1. The van der Waals surface area contributed by atoms with E-state index in [-0.39, 0.29) is 23.9 Å². The molecule has 0 aliphatic heterocycles. The van der Waals surface area contributed by atoms with Crippen molar-refractivity contribution in [1.29, 1.82) is 0 Å². The van der Waals surface area contributed by atoms with Gasteiger partial charge in [0.15, 0.2) is 0 Å². The summed E-state index contributed by atoms with van der Waals surface area (Å²) in [6.45, 7) is 3.39. The maximum Gasteiger partial charge on any atom is 0.304 e. The summed E-state index contributed by atoms with van der Waals surface area (Å²) in [5.74, 6) is -1.02. The van der Waals surface area contributed by atoms with E-state index in [1.54, 1.807) is 32.0 Å². The van der Waals surface area contributed by atoms with Gasteiger partial charge in [0.25, 0.3) is 0 Å². The van der Waals surface area contributed by atoms with Crippen LogP contribution in [0.4, 0.5) is 0 Å². The first-order chi connectivity index (χ1) is 8.76. The minimum atomic E-state index is -3.70. The fourth-order valence-electron chi connectivity index (χ4n) is 1.64. The van der Waals surface area contributed by atoms with E-state index in [9.17, 15) is 13.2 Å². The van der Waals surface area contributed by atoms with Crippen molar-refractivity contribution < 1.29 is 18.3 Å². The first-order valence-corrected chi connectivity index (χ1v) is 7.98. The van der Waals surface area contributed by atoms with Gasteiger partial charge in [-0.15, -0.1) is 0 Å². The normalized spacial score (nSPS) is 12.1. The third kappa shape index (κ3) is 4.02. The van der Waals surface area contributed by atoms with Gasteiger partial charge in [-0.2, -0.15) is 4.31 Å². The molecular weight excluding hydrogens is 334 g/mol. The van der Waals surface area contributed by atoms with E-state index in [1.807, 2.05) is 0 Å². The molecular formula is C12H16BrNO4S. The van der Waals surface area contributed by atoms with Gasteiger partial charge in [-0.05, 0) is 41.9 Å². The first-order valence-electron chi connectivity index (χ1n) is 5.75. The zero-order chi connectivity index (χ0) is 14.6. The molecule has 0 atom stereocenters. The maximum atomic E-state index is 12.5. The van der Waals surface area contributed by atoms with Crippen molar-refractivity contribution in [2.45, 2.75) is 31.2 Å². The molecule has 0 radical (unpaired) electrons. The predicted octanol–water partition coefficient (Wildman–Crippen LogP) is 2.32. The Bertz CT molecular complexity index is 557. The van der Waals surface area contributed by atoms with Gasteiger partial charge in [0.2, 0.25) is 10.0 Å². The van der Waals surface area contributed by atoms with Gasteiger partial charge in [0.05, 0.1) is 11.3 Å². The Morgan fingerprint density at radius 1 is 1.37 bits per heavy atom. The molecule has 0 bridgehead atoms. The molecule has 0 aliphatic carbocycles. The standard InChI is InChI=1S/C12H16BrNO4S/c1-9(2)14(8-7-12(15)16)19(17,18)11-6-4-3-5-10(11)13/h3-6,9H,7-8H2,1-2H3,(H,15,16). The van der Waals surface area contributed by atoms with Crippen LogP contribution < -0.4 is 0 Å². The fraction of sp³-hybridized carbons (Fsp3) is 0.417. The molecule has 1 aromatic carbocycles. The van der Waals surface area contributed by atoms with Crippen LogP contribution in [0.15, 0.2) is 33.6 Å². The maximum absolute atomic E-state index is 12.5. The Morgan fingerprint density at radius 3 is 2.42 bits per heavy atom. The number of benzene rings is 1. The fourth-order valence-corrected chi connectivity index (χ4v) is 4.24. The molecule has 0 saturated carbocycles. The van der Waals surface area contributed by atoms with Crippen molar-refractivity contribution in [3.63, 3.8) is 0 Å². The van der Waals surface area contributed by atoms with Crippen molar-refractivity contribution in [3.05, 3.63) is 28.7 Å². The van der Waals surface area contributed by atoms with Crippen LogP contribution in [0, 0.1) is 0 Å². The summed E-state index contributed by atoms with van der Waals surface area (Å²) in [6.07, 6.45) is -0.220. The number of carboxylic acid groups (broad SMARTS) is 1. The van der Waals surface area contributed by atoms with E-state index in [4.69, 9.17) is 5.11 Å². The molecule has 0 unspecified atom stereocenters. The number of sulfonamides is 1. The van der Waals surface area contributed by atoms with Gasteiger partial charge in [-0.1, -0.05) is 12.1 Å². The summed E-state index contributed by atoms with van der Waals surface area (Å²) < 4.78 is 26.7. The van der Waals surface area contributed by atoms with Gasteiger partial charge in [0.1, 0.15) is 0 Å². The highest BCUT2D eigenvalue weighted by atomic mass is 79.9. The smallest absolute Gasteiger partial charge is 0.304 e. The van der Waals surface area contributed by atoms with E-state index >= 15 is 0 Å². The number of carbonyl (C=O) groups is 1. The number of hydrogen-bond acceptors (Lipinski definition) is 3. The largest absolute Gasteiger partial charge is 0.481 e. The van der Waals surface area contributed by atoms with E-state index in [2.05, 4.69) is 15.9 Å². The van der Waals surface area contributed by atoms with Crippen molar-refractivity contribution >= 4 is 31.9 Å². The second-order valence-corrected chi connectivity index (χ2v) is 7.00. The molecule has 1 aromatic rings. The second kappa shape index (κ2) is 6.49.